The number of rotatable bonds is 7. The predicted molar refractivity (Wildman–Crippen MR) is 100 cm³/mol. The summed E-state index contributed by atoms with van der Waals surface area (Å²) in [5, 5.41) is 10.2. The highest BCUT2D eigenvalue weighted by atomic mass is 16.5. The van der Waals surface area contributed by atoms with Gasteiger partial charge in [0.25, 0.3) is 11.8 Å². The van der Waals surface area contributed by atoms with Crippen molar-refractivity contribution in [1.29, 1.82) is 0 Å². The molecule has 5 N–H and O–H groups in total. The minimum atomic E-state index is -1.39. The molecule has 1 saturated carbocycles. The van der Waals surface area contributed by atoms with Gasteiger partial charge < -0.3 is 20.3 Å². The molecule has 0 saturated heterocycles. The molecule has 2 rings (SSSR count). The Balaban J connectivity index is 1.89. The largest absolute Gasteiger partial charge is 0.497 e. The molecule has 0 aliphatic heterocycles. The number of aliphatic hydroxyl groups is 1. The Labute approximate surface area is 159 Å². The zero-order valence-electron chi connectivity index (χ0n) is 15.9. The Hall–Kier alpha value is -2.32. The number of nitrogens with two attached hydrogens (primary N) is 1. The molecule has 0 bridgehead atoms. The number of methoxy groups -OCH3 is 2. The number of hydrogen-bond donors (Lipinski definition) is 4. The van der Waals surface area contributed by atoms with Gasteiger partial charge in [0.15, 0.2) is 0 Å². The second-order valence-corrected chi connectivity index (χ2v) is 6.86. The lowest BCUT2D eigenvalue weighted by molar-refractivity contribution is -0.131. The van der Waals surface area contributed by atoms with Crippen molar-refractivity contribution in [2.45, 2.75) is 50.7 Å². The molecule has 1 fully saturated rings. The summed E-state index contributed by atoms with van der Waals surface area (Å²) < 4.78 is 10.2. The summed E-state index contributed by atoms with van der Waals surface area (Å²) in [5.41, 5.74) is 10.7. The van der Waals surface area contributed by atoms with Gasteiger partial charge in [-0.3, -0.25) is 20.4 Å². The number of ether oxygens (including phenoxy) is 2. The normalized spacial score (nSPS) is 16.9. The van der Waals surface area contributed by atoms with Gasteiger partial charge in [0.1, 0.15) is 17.6 Å². The van der Waals surface area contributed by atoms with Crippen molar-refractivity contribution in [3.63, 3.8) is 0 Å². The summed E-state index contributed by atoms with van der Waals surface area (Å²) in [6.45, 7) is 0. The van der Waals surface area contributed by atoms with Crippen LogP contribution in [0.15, 0.2) is 18.2 Å². The van der Waals surface area contributed by atoms with Gasteiger partial charge in [0.2, 0.25) is 0 Å². The molecule has 8 nitrogen and oxygen atoms in total. The van der Waals surface area contributed by atoms with Crippen molar-refractivity contribution in [3.05, 3.63) is 23.8 Å². The topological polar surface area (TPSA) is 123 Å². The van der Waals surface area contributed by atoms with Gasteiger partial charge in [0, 0.05) is 6.04 Å². The van der Waals surface area contributed by atoms with Gasteiger partial charge in [-0.05, 0) is 30.5 Å². The molecule has 2 atom stereocenters. The van der Waals surface area contributed by atoms with Gasteiger partial charge in [-0.1, -0.05) is 32.1 Å². The fourth-order valence-electron chi connectivity index (χ4n) is 3.38. The molecule has 0 spiro atoms. The number of amides is 2. The van der Waals surface area contributed by atoms with Crippen LogP contribution in [-0.2, 0) is 4.79 Å². The maximum Gasteiger partial charge on any atom is 0.273 e. The summed E-state index contributed by atoms with van der Waals surface area (Å²) in [7, 11) is 2.92. The molecule has 8 heteroatoms. The molecule has 27 heavy (non-hydrogen) atoms. The quantitative estimate of drug-likeness (QED) is 0.527. The van der Waals surface area contributed by atoms with E-state index in [1.165, 1.54) is 26.7 Å². The predicted octanol–water partition coefficient (Wildman–Crippen LogP) is 1.12. The number of hydrogen-bond acceptors (Lipinski definition) is 6. The first-order valence-corrected chi connectivity index (χ1v) is 9.22. The number of aliphatic hydroxyl groups excluding tert-OH is 1. The van der Waals surface area contributed by atoms with Crippen molar-refractivity contribution < 1.29 is 24.2 Å². The highest BCUT2D eigenvalue weighted by Gasteiger charge is 2.27. The summed E-state index contributed by atoms with van der Waals surface area (Å²) >= 11 is 0. The van der Waals surface area contributed by atoms with E-state index in [-0.39, 0.29) is 5.56 Å². The Morgan fingerprint density at radius 3 is 2.52 bits per heavy atom. The first-order valence-electron chi connectivity index (χ1n) is 9.22. The molecular formula is C19H29N3O5. The van der Waals surface area contributed by atoms with Crippen LogP contribution < -0.4 is 26.1 Å². The molecule has 1 aromatic rings. The van der Waals surface area contributed by atoms with Crippen LogP contribution in [0.4, 0.5) is 0 Å². The average Bonchev–Trinajstić information content (AvgIpc) is 2.71. The summed E-state index contributed by atoms with van der Waals surface area (Å²) in [5.74, 6) is -0.0913. The second kappa shape index (κ2) is 10.1. The highest BCUT2D eigenvalue weighted by molar-refractivity contribution is 5.98. The molecule has 1 aromatic carbocycles. The third-order valence-electron chi connectivity index (χ3n) is 4.95. The fraction of sp³-hybridized carbons (Fsp3) is 0.579. The van der Waals surface area contributed by atoms with Gasteiger partial charge >= 0.3 is 0 Å². The van der Waals surface area contributed by atoms with E-state index in [9.17, 15) is 14.7 Å². The van der Waals surface area contributed by atoms with Gasteiger partial charge in [-0.15, -0.1) is 0 Å². The zero-order valence-corrected chi connectivity index (χ0v) is 15.9. The van der Waals surface area contributed by atoms with Crippen LogP contribution in [0, 0.1) is 5.92 Å². The van der Waals surface area contributed by atoms with E-state index in [0.29, 0.717) is 23.8 Å². The van der Waals surface area contributed by atoms with Crippen molar-refractivity contribution >= 4 is 11.8 Å². The molecule has 0 heterocycles. The minimum absolute atomic E-state index is 0.193. The standard InChI is InChI=1S/C19H29N3O5/c1-26-13-8-9-16(27-2)14(11-13)18(24)21-22-19(25)17(23)15(20)10-12-6-4-3-5-7-12/h8-9,11-12,15,17,23H,3-7,10,20H2,1-2H3,(H,21,24)(H,22,25). The van der Waals surface area contributed by atoms with Gasteiger partial charge in [-0.2, -0.15) is 0 Å². The Kier molecular flexibility index (Phi) is 7.87. The molecule has 2 amide bonds. The van der Waals surface area contributed by atoms with Gasteiger partial charge in [-0.25, -0.2) is 0 Å². The number of nitrogens with one attached hydrogen (secondary N) is 2. The first-order chi connectivity index (χ1) is 13.0. The van der Waals surface area contributed by atoms with E-state index in [1.807, 2.05) is 0 Å². The average molecular weight is 379 g/mol. The first kappa shape index (κ1) is 21.0. The summed E-state index contributed by atoms with van der Waals surface area (Å²) in [6.07, 6.45) is 4.92. The van der Waals surface area contributed by atoms with Crippen LogP contribution in [0.5, 0.6) is 11.5 Å². The molecular weight excluding hydrogens is 350 g/mol. The van der Waals surface area contributed by atoms with Crippen LogP contribution in [0.2, 0.25) is 0 Å². The number of carbonyl (C=O) groups is 2. The van der Waals surface area contributed by atoms with Crippen LogP contribution in [0.3, 0.4) is 0 Å². The van der Waals surface area contributed by atoms with Crippen LogP contribution in [0.1, 0.15) is 48.9 Å². The Morgan fingerprint density at radius 1 is 1.19 bits per heavy atom. The van der Waals surface area contributed by atoms with E-state index >= 15 is 0 Å². The molecule has 150 valence electrons. The van der Waals surface area contributed by atoms with Crippen molar-refractivity contribution in [3.8, 4) is 11.5 Å². The zero-order chi connectivity index (χ0) is 19.8. The Morgan fingerprint density at radius 2 is 1.89 bits per heavy atom. The van der Waals surface area contributed by atoms with Gasteiger partial charge in [0.05, 0.1) is 19.8 Å². The van der Waals surface area contributed by atoms with Crippen LogP contribution in [0.25, 0.3) is 0 Å². The van der Waals surface area contributed by atoms with Crippen molar-refractivity contribution in [1.82, 2.24) is 10.9 Å². The third-order valence-corrected chi connectivity index (χ3v) is 4.95. The lowest BCUT2D eigenvalue weighted by Crippen LogP contribution is -2.52. The smallest absolute Gasteiger partial charge is 0.273 e. The van der Waals surface area contributed by atoms with E-state index in [4.69, 9.17) is 15.2 Å². The highest BCUT2D eigenvalue weighted by Crippen LogP contribution is 2.27. The Bertz CT molecular complexity index is 646. The van der Waals surface area contributed by atoms with E-state index in [1.54, 1.807) is 12.1 Å². The number of hydrazine groups is 1. The molecule has 2 unspecified atom stereocenters. The van der Waals surface area contributed by atoms with Crippen molar-refractivity contribution in [2.24, 2.45) is 11.7 Å². The molecule has 0 radical (unpaired) electrons. The van der Waals surface area contributed by atoms with E-state index < -0.39 is 24.0 Å². The fourth-order valence-corrected chi connectivity index (χ4v) is 3.38. The molecule has 1 aliphatic rings. The molecule has 1 aliphatic carbocycles. The summed E-state index contributed by atoms with van der Waals surface area (Å²) in [4.78, 5) is 24.5. The summed E-state index contributed by atoms with van der Waals surface area (Å²) in [6, 6.07) is 4.06. The minimum Gasteiger partial charge on any atom is -0.497 e. The van der Waals surface area contributed by atoms with Crippen LogP contribution in [-0.4, -0.2) is 43.3 Å². The SMILES string of the molecule is COc1ccc(OC)c(C(=O)NNC(=O)C(O)C(N)CC2CCCCC2)c1. The third kappa shape index (κ3) is 5.83. The van der Waals surface area contributed by atoms with E-state index in [0.717, 1.165) is 25.7 Å². The van der Waals surface area contributed by atoms with Crippen LogP contribution >= 0.6 is 0 Å². The number of benzene rings is 1. The molecule has 0 aromatic heterocycles. The maximum absolute atomic E-state index is 12.3. The number of carbonyl (C=O) groups excluding carboxylic acids is 2. The lowest BCUT2D eigenvalue weighted by Gasteiger charge is -2.26. The lowest BCUT2D eigenvalue weighted by atomic mass is 9.84. The monoisotopic (exact) mass is 379 g/mol. The second-order valence-electron chi connectivity index (χ2n) is 6.86. The van der Waals surface area contributed by atoms with E-state index in [2.05, 4.69) is 10.9 Å². The van der Waals surface area contributed by atoms with Crippen molar-refractivity contribution in [2.75, 3.05) is 14.2 Å². The maximum atomic E-state index is 12.3.